The average molecular weight is 506 g/mol. The molecule has 2 amide bonds. The summed E-state index contributed by atoms with van der Waals surface area (Å²) in [7, 11) is 1.58. The first-order valence-electron chi connectivity index (χ1n) is 11.4. The number of hydrogen-bond donors (Lipinski definition) is 2. The second-order valence-electron chi connectivity index (χ2n) is 8.32. The Bertz CT molecular complexity index is 1490. The normalized spacial score (nSPS) is 12.3. The van der Waals surface area contributed by atoms with Crippen LogP contribution in [0.1, 0.15) is 11.1 Å². The second-order valence-corrected chi connectivity index (χ2v) is 8.75. The topological polar surface area (TPSA) is 92.9 Å². The monoisotopic (exact) mass is 505 g/mol. The Labute approximate surface area is 212 Å². The maximum absolute atomic E-state index is 13.4. The number of ether oxygens (including phenoxy) is 3. The van der Waals surface area contributed by atoms with Crippen LogP contribution in [-0.2, 0) is 13.1 Å². The largest absolute Gasteiger partial charge is 0.496 e. The number of amides is 2. The fourth-order valence-electron chi connectivity index (χ4n) is 4.12. The van der Waals surface area contributed by atoms with Gasteiger partial charge < -0.3 is 29.4 Å². The molecule has 3 aromatic carbocycles. The zero-order valence-corrected chi connectivity index (χ0v) is 20.3. The van der Waals surface area contributed by atoms with Crippen molar-refractivity contribution in [1.29, 1.82) is 0 Å². The number of nitrogens with one attached hydrogen (secondary N) is 2. The number of hydrogen-bond acceptors (Lipinski definition) is 5. The van der Waals surface area contributed by atoms with E-state index >= 15 is 0 Å². The van der Waals surface area contributed by atoms with Crippen molar-refractivity contribution >= 4 is 34.2 Å². The average Bonchev–Trinajstić information content (AvgIpc) is 2.88. The van der Waals surface area contributed by atoms with Gasteiger partial charge in [0.15, 0.2) is 11.5 Å². The number of methoxy groups -OCH3 is 1. The van der Waals surface area contributed by atoms with Crippen LogP contribution in [0.25, 0.3) is 10.9 Å². The number of urea groups is 1. The summed E-state index contributed by atoms with van der Waals surface area (Å²) in [5, 5.41) is 4.15. The molecule has 1 aliphatic rings. The molecule has 8 nitrogen and oxygen atoms in total. The Balaban J connectivity index is 1.49. The Morgan fingerprint density at radius 1 is 1.00 bits per heavy atom. The molecular weight excluding hydrogens is 482 g/mol. The molecule has 0 bridgehead atoms. The molecule has 0 spiro atoms. The first-order valence-corrected chi connectivity index (χ1v) is 11.8. The van der Waals surface area contributed by atoms with Gasteiger partial charge in [0.25, 0.3) is 5.56 Å². The molecule has 0 aliphatic carbocycles. The van der Waals surface area contributed by atoms with Crippen molar-refractivity contribution in [3.8, 4) is 17.2 Å². The van der Waals surface area contributed by atoms with Crippen molar-refractivity contribution < 1.29 is 19.0 Å². The lowest BCUT2D eigenvalue weighted by atomic mass is 10.1. The van der Waals surface area contributed by atoms with E-state index in [1.165, 1.54) is 0 Å². The van der Waals surface area contributed by atoms with Gasteiger partial charge >= 0.3 is 6.03 Å². The maximum Gasteiger partial charge on any atom is 0.322 e. The van der Waals surface area contributed by atoms with Gasteiger partial charge in [-0.3, -0.25) is 4.79 Å². The minimum absolute atomic E-state index is 0.0597. The van der Waals surface area contributed by atoms with Crippen LogP contribution < -0.4 is 25.1 Å². The molecule has 0 radical (unpaired) electrons. The lowest BCUT2D eigenvalue weighted by Gasteiger charge is -2.24. The van der Waals surface area contributed by atoms with Crippen molar-refractivity contribution in [3.63, 3.8) is 0 Å². The van der Waals surface area contributed by atoms with E-state index in [1.54, 1.807) is 48.4 Å². The summed E-state index contributed by atoms with van der Waals surface area (Å²) in [6.07, 6.45) is 0. The summed E-state index contributed by atoms with van der Waals surface area (Å²) < 4.78 is 16.8. The molecule has 0 unspecified atom stereocenters. The third-order valence-electron chi connectivity index (χ3n) is 5.86. The molecule has 2 N–H and O–H groups in total. The van der Waals surface area contributed by atoms with E-state index in [0.29, 0.717) is 52.3 Å². The maximum atomic E-state index is 13.4. The lowest BCUT2D eigenvalue weighted by molar-refractivity contribution is 0.172. The fraction of sp³-hybridized carbons (Fsp3) is 0.185. The van der Waals surface area contributed by atoms with Gasteiger partial charge in [-0.15, -0.1) is 0 Å². The van der Waals surface area contributed by atoms with Crippen LogP contribution in [0.3, 0.4) is 0 Å². The standard InChI is InChI=1S/C27H24ClN3O5/c1-34-23-8-3-2-5-17(23)15-31(27(33)29-21-7-4-6-20(28)13-21)16-19-11-18-12-24-25(36-10-9-35-24)14-22(18)30-26(19)32/h2-8,11-14H,9-10,15-16H2,1H3,(H,29,33)(H,30,32). The van der Waals surface area contributed by atoms with Crippen LogP contribution in [0.2, 0.25) is 5.02 Å². The number of carbonyl (C=O) groups excluding carboxylic acids is 1. The number of halogens is 1. The Morgan fingerprint density at radius 3 is 2.53 bits per heavy atom. The molecule has 1 aliphatic heterocycles. The number of anilines is 1. The number of carbonyl (C=O) groups is 1. The van der Waals surface area contributed by atoms with E-state index in [2.05, 4.69) is 10.3 Å². The van der Waals surface area contributed by atoms with E-state index in [4.69, 9.17) is 25.8 Å². The summed E-state index contributed by atoms with van der Waals surface area (Å²) in [6, 6.07) is 19.3. The van der Waals surface area contributed by atoms with E-state index < -0.39 is 0 Å². The summed E-state index contributed by atoms with van der Waals surface area (Å²) in [6.45, 7) is 1.20. The predicted octanol–water partition coefficient (Wildman–Crippen LogP) is 5.20. The zero-order chi connectivity index (χ0) is 25.1. The number of benzene rings is 3. The molecular formula is C27H24ClN3O5. The van der Waals surface area contributed by atoms with Gasteiger partial charge in [0.05, 0.1) is 25.7 Å². The molecule has 0 fully saturated rings. The summed E-state index contributed by atoms with van der Waals surface area (Å²) in [5.41, 5.74) is 2.12. The van der Waals surface area contributed by atoms with Gasteiger partial charge in [-0.05, 0) is 36.4 Å². The molecule has 184 valence electrons. The summed E-state index contributed by atoms with van der Waals surface area (Å²) in [4.78, 5) is 30.8. The van der Waals surface area contributed by atoms with Crippen LogP contribution in [0.15, 0.2) is 71.5 Å². The Morgan fingerprint density at radius 2 is 1.75 bits per heavy atom. The molecule has 1 aromatic heterocycles. The van der Waals surface area contributed by atoms with Crippen LogP contribution in [0.5, 0.6) is 17.2 Å². The summed E-state index contributed by atoms with van der Waals surface area (Å²) >= 11 is 6.09. The Kier molecular flexibility index (Phi) is 6.69. The number of aromatic nitrogens is 1. The number of pyridine rings is 1. The van der Waals surface area contributed by atoms with Crippen molar-refractivity contribution in [2.45, 2.75) is 13.1 Å². The molecule has 0 saturated heterocycles. The molecule has 4 aromatic rings. The zero-order valence-electron chi connectivity index (χ0n) is 19.5. The van der Waals surface area contributed by atoms with E-state index in [9.17, 15) is 9.59 Å². The van der Waals surface area contributed by atoms with E-state index in [0.717, 1.165) is 10.9 Å². The molecule has 0 saturated carbocycles. The number of H-pyrrole nitrogens is 1. The highest BCUT2D eigenvalue weighted by molar-refractivity contribution is 6.30. The van der Waals surface area contributed by atoms with Crippen LogP contribution >= 0.6 is 11.6 Å². The van der Waals surface area contributed by atoms with Gasteiger partial charge in [-0.2, -0.15) is 0 Å². The van der Waals surface area contributed by atoms with Crippen molar-refractivity contribution in [2.75, 3.05) is 25.6 Å². The molecule has 0 atom stereocenters. The number of para-hydroxylation sites is 1. The van der Waals surface area contributed by atoms with Gasteiger partial charge in [0.2, 0.25) is 0 Å². The van der Waals surface area contributed by atoms with Crippen LogP contribution in [0, 0.1) is 0 Å². The number of nitrogens with zero attached hydrogens (tertiary/aromatic N) is 1. The Hall–Kier alpha value is -4.17. The third kappa shape index (κ3) is 5.08. The summed E-state index contributed by atoms with van der Waals surface area (Å²) in [5.74, 6) is 1.86. The SMILES string of the molecule is COc1ccccc1CN(Cc1cc2cc3c(cc2[nH]c1=O)OCCO3)C(=O)Nc1cccc(Cl)c1. The van der Waals surface area contributed by atoms with Crippen LogP contribution in [-0.4, -0.2) is 36.2 Å². The van der Waals surface area contributed by atoms with E-state index in [-0.39, 0.29) is 24.7 Å². The molecule has 36 heavy (non-hydrogen) atoms. The first kappa shape index (κ1) is 23.6. The minimum Gasteiger partial charge on any atom is -0.496 e. The molecule has 9 heteroatoms. The predicted molar refractivity (Wildman–Crippen MR) is 138 cm³/mol. The van der Waals surface area contributed by atoms with Crippen LogP contribution in [0.4, 0.5) is 10.5 Å². The first-order chi connectivity index (χ1) is 17.5. The number of aromatic amines is 1. The second kappa shape index (κ2) is 10.2. The van der Waals surface area contributed by atoms with Gasteiger partial charge in [-0.25, -0.2) is 4.79 Å². The van der Waals surface area contributed by atoms with Crippen molar-refractivity contribution in [3.05, 3.63) is 93.2 Å². The molecule has 2 heterocycles. The number of rotatable bonds is 6. The molecule has 5 rings (SSSR count). The minimum atomic E-state index is -0.384. The third-order valence-corrected chi connectivity index (χ3v) is 6.10. The van der Waals surface area contributed by atoms with Crippen molar-refractivity contribution in [2.24, 2.45) is 0 Å². The smallest absolute Gasteiger partial charge is 0.322 e. The number of fused-ring (bicyclic) bond motifs is 2. The van der Waals surface area contributed by atoms with Gasteiger partial charge in [-0.1, -0.05) is 35.9 Å². The fourth-order valence-corrected chi connectivity index (χ4v) is 4.31. The highest BCUT2D eigenvalue weighted by atomic mass is 35.5. The lowest BCUT2D eigenvalue weighted by Crippen LogP contribution is -2.35. The van der Waals surface area contributed by atoms with Gasteiger partial charge in [0, 0.05) is 33.3 Å². The quantitative estimate of drug-likeness (QED) is 0.376. The van der Waals surface area contributed by atoms with E-state index in [1.807, 2.05) is 30.3 Å². The van der Waals surface area contributed by atoms with Crippen molar-refractivity contribution in [1.82, 2.24) is 9.88 Å². The van der Waals surface area contributed by atoms with Gasteiger partial charge in [0.1, 0.15) is 19.0 Å². The highest BCUT2D eigenvalue weighted by Gasteiger charge is 2.20. The highest BCUT2D eigenvalue weighted by Crippen LogP contribution is 2.34.